The molecule has 0 aromatic carbocycles. The van der Waals surface area contributed by atoms with Gasteiger partial charge in [0.1, 0.15) is 0 Å². The molecule has 0 radical (unpaired) electrons. The maximum absolute atomic E-state index is 9.56. The second-order valence-electron chi connectivity index (χ2n) is 4.37. The molecule has 0 amide bonds. The zero-order chi connectivity index (χ0) is 9.73. The summed E-state index contributed by atoms with van der Waals surface area (Å²) >= 11 is 0. The minimum atomic E-state index is -0.535. The summed E-state index contributed by atoms with van der Waals surface area (Å²) in [6.45, 7) is 8.55. The summed E-state index contributed by atoms with van der Waals surface area (Å²) in [5.41, 5.74) is -0.535. The van der Waals surface area contributed by atoms with Crippen molar-refractivity contribution >= 4 is 0 Å². The highest BCUT2D eigenvalue weighted by Crippen LogP contribution is 2.09. The molecule has 78 valence electrons. The topological polar surface area (TPSA) is 32.7 Å². The van der Waals surface area contributed by atoms with Crippen LogP contribution in [0.3, 0.4) is 0 Å². The minimum absolute atomic E-state index is 0.535. The Morgan fingerprint density at radius 2 is 2.08 bits per heavy atom. The van der Waals surface area contributed by atoms with Crippen LogP contribution in [0.5, 0.6) is 0 Å². The van der Waals surface area contributed by atoms with Gasteiger partial charge in [-0.15, -0.1) is 0 Å². The summed E-state index contributed by atoms with van der Waals surface area (Å²) in [7, 11) is 0. The van der Waals surface area contributed by atoms with E-state index in [-0.39, 0.29) is 0 Å². The van der Waals surface area contributed by atoms with E-state index in [1.165, 1.54) is 0 Å². The van der Waals surface area contributed by atoms with Gasteiger partial charge in [-0.1, -0.05) is 0 Å². The first-order valence-corrected chi connectivity index (χ1v) is 5.10. The van der Waals surface area contributed by atoms with Crippen LogP contribution in [-0.2, 0) is 4.74 Å². The first-order chi connectivity index (χ1) is 6.08. The number of hydrogen-bond acceptors (Lipinski definition) is 3. The van der Waals surface area contributed by atoms with Crippen LogP contribution in [0.15, 0.2) is 0 Å². The fourth-order valence-electron chi connectivity index (χ4n) is 1.45. The van der Waals surface area contributed by atoms with Gasteiger partial charge in [0, 0.05) is 26.2 Å². The number of ether oxygens (including phenoxy) is 1. The molecule has 0 bridgehead atoms. The SMILES string of the molecule is CC(C)(O)CCN1CCCOCC1. The number of aliphatic hydroxyl groups is 1. The normalized spacial score (nSPS) is 21.5. The van der Waals surface area contributed by atoms with E-state index in [1.54, 1.807) is 0 Å². The van der Waals surface area contributed by atoms with Crippen molar-refractivity contribution in [2.45, 2.75) is 32.3 Å². The average molecular weight is 187 g/mol. The molecular weight excluding hydrogens is 166 g/mol. The van der Waals surface area contributed by atoms with Crippen LogP contribution in [-0.4, -0.2) is 48.5 Å². The van der Waals surface area contributed by atoms with Gasteiger partial charge in [-0.2, -0.15) is 0 Å². The molecule has 3 heteroatoms. The van der Waals surface area contributed by atoms with E-state index >= 15 is 0 Å². The monoisotopic (exact) mass is 187 g/mol. The van der Waals surface area contributed by atoms with Crippen molar-refractivity contribution in [2.75, 3.05) is 32.8 Å². The number of hydrogen-bond donors (Lipinski definition) is 1. The molecule has 3 nitrogen and oxygen atoms in total. The Kier molecular flexibility index (Phi) is 4.16. The van der Waals surface area contributed by atoms with E-state index < -0.39 is 5.60 Å². The van der Waals surface area contributed by atoms with E-state index in [0.717, 1.165) is 45.7 Å². The Bertz CT molecular complexity index is 134. The summed E-state index contributed by atoms with van der Waals surface area (Å²) in [6, 6.07) is 0. The van der Waals surface area contributed by atoms with Crippen LogP contribution in [0.4, 0.5) is 0 Å². The molecule has 0 atom stereocenters. The van der Waals surface area contributed by atoms with E-state index in [4.69, 9.17) is 4.74 Å². The van der Waals surface area contributed by atoms with Crippen molar-refractivity contribution < 1.29 is 9.84 Å². The van der Waals surface area contributed by atoms with Crippen LogP contribution in [0.25, 0.3) is 0 Å². The largest absolute Gasteiger partial charge is 0.390 e. The van der Waals surface area contributed by atoms with Gasteiger partial charge < -0.3 is 14.7 Å². The molecule has 0 aromatic rings. The summed E-state index contributed by atoms with van der Waals surface area (Å²) < 4.78 is 5.35. The van der Waals surface area contributed by atoms with Crippen molar-refractivity contribution in [3.63, 3.8) is 0 Å². The lowest BCUT2D eigenvalue weighted by atomic mass is 10.1. The van der Waals surface area contributed by atoms with Gasteiger partial charge in [-0.3, -0.25) is 0 Å². The maximum atomic E-state index is 9.56. The van der Waals surface area contributed by atoms with Gasteiger partial charge in [0.15, 0.2) is 0 Å². The molecule has 1 fully saturated rings. The van der Waals surface area contributed by atoms with Gasteiger partial charge in [0.05, 0.1) is 12.2 Å². The summed E-state index contributed by atoms with van der Waals surface area (Å²) in [5.74, 6) is 0. The fourth-order valence-corrected chi connectivity index (χ4v) is 1.45. The van der Waals surface area contributed by atoms with E-state index in [1.807, 2.05) is 13.8 Å². The van der Waals surface area contributed by atoms with E-state index in [2.05, 4.69) is 4.90 Å². The second kappa shape index (κ2) is 4.94. The fraction of sp³-hybridized carbons (Fsp3) is 1.00. The molecule has 0 aliphatic carbocycles. The zero-order valence-electron chi connectivity index (χ0n) is 8.75. The maximum Gasteiger partial charge on any atom is 0.0603 e. The standard InChI is InChI=1S/C10H21NO2/c1-10(2,12)4-6-11-5-3-8-13-9-7-11/h12H,3-9H2,1-2H3. The highest BCUT2D eigenvalue weighted by molar-refractivity contribution is 4.69. The third-order valence-electron chi connectivity index (χ3n) is 2.35. The zero-order valence-corrected chi connectivity index (χ0v) is 8.75. The number of nitrogens with zero attached hydrogens (tertiary/aromatic N) is 1. The number of rotatable bonds is 3. The molecule has 1 rings (SSSR count). The van der Waals surface area contributed by atoms with Crippen LogP contribution in [0, 0.1) is 0 Å². The minimum Gasteiger partial charge on any atom is -0.390 e. The van der Waals surface area contributed by atoms with E-state index in [0.29, 0.717) is 0 Å². The molecule has 0 spiro atoms. The quantitative estimate of drug-likeness (QED) is 0.711. The Morgan fingerprint density at radius 1 is 1.31 bits per heavy atom. The second-order valence-corrected chi connectivity index (χ2v) is 4.37. The predicted octanol–water partition coefficient (Wildman–Crippen LogP) is 0.870. The molecule has 1 aliphatic heterocycles. The Balaban J connectivity index is 2.19. The molecule has 1 saturated heterocycles. The summed E-state index contributed by atoms with van der Waals surface area (Å²) in [5, 5.41) is 9.56. The van der Waals surface area contributed by atoms with Gasteiger partial charge in [0.25, 0.3) is 0 Å². The molecule has 13 heavy (non-hydrogen) atoms. The summed E-state index contributed by atoms with van der Waals surface area (Å²) in [4.78, 5) is 2.37. The van der Waals surface area contributed by atoms with Crippen molar-refractivity contribution in [1.29, 1.82) is 0 Å². The molecule has 0 unspecified atom stereocenters. The van der Waals surface area contributed by atoms with Crippen LogP contribution in [0.1, 0.15) is 26.7 Å². The van der Waals surface area contributed by atoms with E-state index in [9.17, 15) is 5.11 Å². The van der Waals surface area contributed by atoms with Crippen LogP contribution >= 0.6 is 0 Å². The van der Waals surface area contributed by atoms with Gasteiger partial charge in [0.2, 0.25) is 0 Å². The molecule has 0 saturated carbocycles. The van der Waals surface area contributed by atoms with Crippen molar-refractivity contribution in [3.05, 3.63) is 0 Å². The van der Waals surface area contributed by atoms with Crippen molar-refractivity contribution in [3.8, 4) is 0 Å². The van der Waals surface area contributed by atoms with Gasteiger partial charge >= 0.3 is 0 Å². The highest BCUT2D eigenvalue weighted by Gasteiger charge is 2.15. The molecule has 0 aromatic heterocycles. The molecule has 1 heterocycles. The third-order valence-corrected chi connectivity index (χ3v) is 2.35. The van der Waals surface area contributed by atoms with Crippen LogP contribution < -0.4 is 0 Å². The smallest absolute Gasteiger partial charge is 0.0603 e. The Morgan fingerprint density at radius 3 is 2.77 bits per heavy atom. The first kappa shape index (κ1) is 11.0. The third kappa shape index (κ3) is 5.24. The average Bonchev–Trinajstić information content (AvgIpc) is 2.26. The Labute approximate surface area is 80.7 Å². The lowest BCUT2D eigenvalue weighted by Crippen LogP contribution is -2.32. The molecule has 1 N–H and O–H groups in total. The highest BCUT2D eigenvalue weighted by atomic mass is 16.5. The first-order valence-electron chi connectivity index (χ1n) is 5.10. The lowest BCUT2D eigenvalue weighted by Gasteiger charge is -2.24. The van der Waals surface area contributed by atoms with Crippen molar-refractivity contribution in [1.82, 2.24) is 4.90 Å². The van der Waals surface area contributed by atoms with Gasteiger partial charge in [-0.25, -0.2) is 0 Å². The molecular formula is C10H21NO2. The molecule has 1 aliphatic rings. The summed E-state index contributed by atoms with van der Waals surface area (Å²) in [6.07, 6.45) is 1.96. The van der Waals surface area contributed by atoms with Gasteiger partial charge in [-0.05, 0) is 26.7 Å². The predicted molar refractivity (Wildman–Crippen MR) is 52.8 cm³/mol. The van der Waals surface area contributed by atoms with Crippen LogP contribution in [0.2, 0.25) is 0 Å². The Hall–Kier alpha value is -0.120. The lowest BCUT2D eigenvalue weighted by molar-refractivity contribution is 0.0568. The van der Waals surface area contributed by atoms with Crippen molar-refractivity contribution in [2.24, 2.45) is 0 Å².